The van der Waals surface area contributed by atoms with Gasteiger partial charge in [-0.25, -0.2) is 13.1 Å². The fourth-order valence-electron chi connectivity index (χ4n) is 3.40. The van der Waals surface area contributed by atoms with Crippen molar-refractivity contribution < 1.29 is 22.7 Å². The Labute approximate surface area is 177 Å². The number of sulfonamides is 1. The molecule has 1 saturated carbocycles. The Morgan fingerprint density at radius 1 is 1.13 bits per heavy atom. The molecule has 1 aliphatic heterocycles. The third kappa shape index (κ3) is 4.60. The molecule has 1 aliphatic carbocycles. The van der Waals surface area contributed by atoms with E-state index in [1.807, 2.05) is 25.1 Å². The Morgan fingerprint density at radius 3 is 2.67 bits per heavy atom. The quantitative estimate of drug-likeness (QED) is 0.696. The van der Waals surface area contributed by atoms with E-state index in [0.717, 1.165) is 18.4 Å². The topological polar surface area (TPSA) is 84.9 Å². The first kappa shape index (κ1) is 20.7. The van der Waals surface area contributed by atoms with Crippen molar-refractivity contribution in [3.63, 3.8) is 0 Å². The molecule has 0 bridgehead atoms. The van der Waals surface area contributed by atoms with E-state index < -0.39 is 10.0 Å². The number of benzene rings is 2. The van der Waals surface area contributed by atoms with Crippen LogP contribution in [0.25, 0.3) is 0 Å². The van der Waals surface area contributed by atoms with E-state index in [9.17, 15) is 13.2 Å². The first-order valence-electron chi connectivity index (χ1n) is 10.2. The monoisotopic (exact) mass is 430 g/mol. The van der Waals surface area contributed by atoms with Crippen LogP contribution in [0.4, 0.5) is 0 Å². The number of fused-ring (bicyclic) bond motifs is 1. The number of hydrogen-bond donors (Lipinski definition) is 1. The molecule has 160 valence electrons. The number of ether oxygens (including phenoxy) is 2. The maximum absolute atomic E-state index is 13.1. The van der Waals surface area contributed by atoms with Crippen LogP contribution in [-0.2, 0) is 16.6 Å². The minimum absolute atomic E-state index is 0.110. The normalized spacial score (nSPS) is 15.6. The van der Waals surface area contributed by atoms with Gasteiger partial charge in [0.25, 0.3) is 5.91 Å². The highest BCUT2D eigenvalue weighted by atomic mass is 32.2. The van der Waals surface area contributed by atoms with Gasteiger partial charge in [-0.3, -0.25) is 4.79 Å². The molecule has 1 heterocycles. The Hall–Kier alpha value is -2.58. The van der Waals surface area contributed by atoms with Gasteiger partial charge < -0.3 is 14.4 Å². The SMILES string of the molecule is CCN(Cc1cccc2c1OCCO2)C(=O)c1cccc(S(=O)(=O)NCC2CC2)c1. The molecule has 0 atom stereocenters. The smallest absolute Gasteiger partial charge is 0.254 e. The summed E-state index contributed by atoms with van der Waals surface area (Å²) >= 11 is 0. The van der Waals surface area contributed by atoms with Gasteiger partial charge in [-0.15, -0.1) is 0 Å². The van der Waals surface area contributed by atoms with E-state index in [-0.39, 0.29) is 10.8 Å². The van der Waals surface area contributed by atoms with Crippen molar-refractivity contribution in [1.82, 2.24) is 9.62 Å². The Bertz CT molecular complexity index is 1030. The minimum Gasteiger partial charge on any atom is -0.486 e. The lowest BCUT2D eigenvalue weighted by molar-refractivity contribution is 0.0749. The van der Waals surface area contributed by atoms with Gasteiger partial charge >= 0.3 is 0 Å². The third-order valence-corrected chi connectivity index (χ3v) is 6.75. The first-order chi connectivity index (χ1) is 14.5. The van der Waals surface area contributed by atoms with Crippen LogP contribution < -0.4 is 14.2 Å². The van der Waals surface area contributed by atoms with Crippen LogP contribution in [0.5, 0.6) is 11.5 Å². The van der Waals surface area contributed by atoms with Gasteiger partial charge in [-0.2, -0.15) is 0 Å². The zero-order valence-electron chi connectivity index (χ0n) is 17.0. The molecule has 2 aromatic rings. The van der Waals surface area contributed by atoms with Crippen LogP contribution in [0, 0.1) is 5.92 Å². The fraction of sp³-hybridized carbons (Fsp3) is 0.409. The predicted octanol–water partition coefficient (Wildman–Crippen LogP) is 2.81. The predicted molar refractivity (Wildman–Crippen MR) is 112 cm³/mol. The molecule has 1 N–H and O–H groups in total. The summed E-state index contributed by atoms with van der Waals surface area (Å²) in [5.41, 5.74) is 1.20. The maximum Gasteiger partial charge on any atom is 0.254 e. The summed E-state index contributed by atoms with van der Waals surface area (Å²) in [7, 11) is -3.63. The highest BCUT2D eigenvalue weighted by Gasteiger charge is 2.25. The molecule has 1 fully saturated rings. The van der Waals surface area contributed by atoms with Crippen LogP contribution in [-0.4, -0.2) is 45.5 Å². The van der Waals surface area contributed by atoms with Crippen LogP contribution in [0.3, 0.4) is 0 Å². The molecule has 2 aliphatic rings. The summed E-state index contributed by atoms with van der Waals surface area (Å²) in [6, 6.07) is 11.8. The number of hydrogen-bond acceptors (Lipinski definition) is 5. The summed E-state index contributed by atoms with van der Waals surface area (Å²) in [6.45, 7) is 4.13. The van der Waals surface area contributed by atoms with E-state index in [1.165, 1.54) is 12.1 Å². The standard InChI is InChI=1S/C22H26N2O5S/c1-2-24(15-18-6-4-8-20-21(18)29-12-11-28-20)22(25)17-5-3-7-19(13-17)30(26,27)23-14-16-9-10-16/h3-8,13,16,23H,2,9-12,14-15H2,1H3. The average Bonchev–Trinajstić information content (AvgIpc) is 3.60. The van der Waals surface area contributed by atoms with Crippen LogP contribution >= 0.6 is 0 Å². The van der Waals surface area contributed by atoms with Crippen LogP contribution in [0.15, 0.2) is 47.4 Å². The molecule has 0 spiro atoms. The number of amides is 1. The Kier molecular flexibility index (Phi) is 5.97. The van der Waals surface area contributed by atoms with Gasteiger partial charge in [0.15, 0.2) is 11.5 Å². The number of para-hydroxylation sites is 1. The molecule has 1 amide bonds. The van der Waals surface area contributed by atoms with E-state index in [2.05, 4.69) is 4.72 Å². The lowest BCUT2D eigenvalue weighted by Gasteiger charge is -2.25. The molecular formula is C22H26N2O5S. The summed E-state index contributed by atoms with van der Waals surface area (Å²) in [5.74, 6) is 1.54. The summed E-state index contributed by atoms with van der Waals surface area (Å²) in [6.07, 6.45) is 2.12. The maximum atomic E-state index is 13.1. The lowest BCUT2D eigenvalue weighted by atomic mass is 10.1. The molecule has 4 rings (SSSR count). The molecule has 7 nitrogen and oxygen atoms in total. The van der Waals surface area contributed by atoms with Crippen molar-refractivity contribution in [1.29, 1.82) is 0 Å². The van der Waals surface area contributed by atoms with E-state index in [0.29, 0.717) is 55.8 Å². The van der Waals surface area contributed by atoms with E-state index >= 15 is 0 Å². The van der Waals surface area contributed by atoms with Crippen molar-refractivity contribution in [2.45, 2.75) is 31.2 Å². The number of carbonyl (C=O) groups is 1. The molecule has 0 aromatic heterocycles. The second-order valence-corrected chi connectivity index (χ2v) is 9.35. The first-order valence-corrected chi connectivity index (χ1v) is 11.7. The van der Waals surface area contributed by atoms with Gasteiger partial charge in [-0.1, -0.05) is 18.2 Å². The van der Waals surface area contributed by atoms with Gasteiger partial charge in [0.1, 0.15) is 13.2 Å². The van der Waals surface area contributed by atoms with Crippen molar-refractivity contribution in [2.24, 2.45) is 5.92 Å². The molecule has 2 aromatic carbocycles. The van der Waals surface area contributed by atoms with E-state index in [1.54, 1.807) is 17.0 Å². The molecular weight excluding hydrogens is 404 g/mol. The zero-order chi connectivity index (χ0) is 21.1. The van der Waals surface area contributed by atoms with Crippen LogP contribution in [0.1, 0.15) is 35.7 Å². The lowest BCUT2D eigenvalue weighted by Crippen LogP contribution is -2.31. The second-order valence-electron chi connectivity index (χ2n) is 7.58. The molecule has 8 heteroatoms. The number of nitrogens with one attached hydrogen (secondary N) is 1. The summed E-state index contributed by atoms with van der Waals surface area (Å²) in [5, 5.41) is 0. The fourth-order valence-corrected chi connectivity index (χ4v) is 4.56. The molecule has 0 unspecified atom stereocenters. The van der Waals surface area contributed by atoms with Gasteiger partial charge in [0.05, 0.1) is 4.90 Å². The third-order valence-electron chi connectivity index (χ3n) is 5.33. The zero-order valence-corrected chi connectivity index (χ0v) is 17.8. The Morgan fingerprint density at radius 2 is 1.90 bits per heavy atom. The van der Waals surface area contributed by atoms with Gasteiger partial charge in [-0.05, 0) is 49.9 Å². The van der Waals surface area contributed by atoms with Crippen molar-refractivity contribution in [2.75, 3.05) is 26.3 Å². The Balaban J connectivity index is 1.53. The summed E-state index contributed by atoms with van der Waals surface area (Å²) < 4.78 is 39.1. The highest BCUT2D eigenvalue weighted by molar-refractivity contribution is 7.89. The second kappa shape index (κ2) is 8.65. The van der Waals surface area contributed by atoms with Gasteiger partial charge in [0.2, 0.25) is 10.0 Å². The molecule has 0 saturated heterocycles. The number of rotatable bonds is 8. The van der Waals surface area contributed by atoms with Gasteiger partial charge in [0, 0.05) is 30.8 Å². The average molecular weight is 431 g/mol. The van der Waals surface area contributed by atoms with Crippen molar-refractivity contribution in [3.8, 4) is 11.5 Å². The molecule has 0 radical (unpaired) electrons. The summed E-state index contributed by atoms with van der Waals surface area (Å²) in [4.78, 5) is 14.9. The minimum atomic E-state index is -3.63. The number of carbonyl (C=O) groups excluding carboxylic acids is 1. The van der Waals surface area contributed by atoms with Crippen LogP contribution in [0.2, 0.25) is 0 Å². The highest BCUT2D eigenvalue weighted by Crippen LogP contribution is 2.34. The van der Waals surface area contributed by atoms with E-state index in [4.69, 9.17) is 9.47 Å². The number of nitrogens with zero attached hydrogens (tertiary/aromatic N) is 1. The van der Waals surface area contributed by atoms with Crippen molar-refractivity contribution in [3.05, 3.63) is 53.6 Å². The van der Waals surface area contributed by atoms with Crippen molar-refractivity contribution >= 4 is 15.9 Å². The molecule has 30 heavy (non-hydrogen) atoms. The largest absolute Gasteiger partial charge is 0.486 e.